The molecule has 0 nitrogen and oxygen atoms in total. The average Bonchev–Trinajstić information content (AvgIpc) is 2.38. The molecule has 0 saturated heterocycles. The average molecular weight is 252 g/mol. The predicted molar refractivity (Wildman–Crippen MR) is 85.1 cm³/mol. The lowest BCUT2D eigenvalue weighted by Crippen LogP contribution is -1.82. The molecule has 0 aromatic heterocycles. The van der Waals surface area contributed by atoms with Crippen LogP contribution in [0.15, 0.2) is 11.6 Å². The summed E-state index contributed by atoms with van der Waals surface area (Å²) in [5, 5.41) is 0. The molecule has 0 fully saturated rings. The third-order valence-electron chi connectivity index (χ3n) is 3.73. The van der Waals surface area contributed by atoms with Gasteiger partial charge in [0.25, 0.3) is 0 Å². The zero-order chi connectivity index (χ0) is 13.5. The molecular weight excluding hydrogens is 216 g/mol. The van der Waals surface area contributed by atoms with Crippen molar-refractivity contribution in [1.29, 1.82) is 0 Å². The first-order valence-corrected chi connectivity index (χ1v) is 8.46. The van der Waals surface area contributed by atoms with Crippen LogP contribution < -0.4 is 0 Å². The Labute approximate surface area is 116 Å². The highest BCUT2D eigenvalue weighted by Crippen LogP contribution is 2.13. The van der Waals surface area contributed by atoms with Gasteiger partial charge in [0.05, 0.1) is 0 Å². The Morgan fingerprint density at radius 1 is 0.667 bits per heavy atom. The van der Waals surface area contributed by atoms with Crippen LogP contribution in [0.4, 0.5) is 0 Å². The maximum absolute atomic E-state index is 2.48. The van der Waals surface area contributed by atoms with E-state index in [1.807, 2.05) is 0 Å². The maximum Gasteiger partial charge on any atom is -0.0323 e. The van der Waals surface area contributed by atoms with Gasteiger partial charge in [0.2, 0.25) is 0 Å². The Morgan fingerprint density at radius 3 is 1.78 bits per heavy atom. The van der Waals surface area contributed by atoms with Gasteiger partial charge in [0, 0.05) is 0 Å². The minimum Gasteiger partial charge on any atom is -0.0856 e. The van der Waals surface area contributed by atoms with Gasteiger partial charge in [0.15, 0.2) is 0 Å². The molecule has 108 valence electrons. The summed E-state index contributed by atoms with van der Waals surface area (Å²) in [6.07, 6.45) is 20.7. The topological polar surface area (TPSA) is 0 Å². The van der Waals surface area contributed by atoms with E-state index in [-0.39, 0.29) is 0 Å². The van der Waals surface area contributed by atoms with Crippen LogP contribution in [-0.4, -0.2) is 0 Å². The molecule has 0 spiro atoms. The number of unbranched alkanes of at least 4 members (excludes halogenated alkanes) is 10. The highest BCUT2D eigenvalue weighted by atomic mass is 14.0. The van der Waals surface area contributed by atoms with Crippen molar-refractivity contribution >= 4 is 0 Å². The first kappa shape index (κ1) is 17.7. The number of hydrogen-bond acceptors (Lipinski definition) is 0. The normalized spacial score (nSPS) is 12.1. The molecule has 0 amide bonds. The van der Waals surface area contributed by atoms with E-state index in [0.717, 1.165) is 0 Å². The van der Waals surface area contributed by atoms with Crippen molar-refractivity contribution in [2.45, 2.75) is 104 Å². The van der Waals surface area contributed by atoms with Crippen LogP contribution in [0.25, 0.3) is 0 Å². The Morgan fingerprint density at radius 2 is 1.17 bits per heavy atom. The van der Waals surface area contributed by atoms with Gasteiger partial charge in [0.1, 0.15) is 0 Å². The van der Waals surface area contributed by atoms with E-state index in [1.54, 1.807) is 5.57 Å². The molecule has 0 bridgehead atoms. The second-order valence-electron chi connectivity index (χ2n) is 5.77. The second kappa shape index (κ2) is 14.8. The van der Waals surface area contributed by atoms with E-state index in [9.17, 15) is 0 Å². The summed E-state index contributed by atoms with van der Waals surface area (Å²) in [6.45, 7) is 6.88. The van der Waals surface area contributed by atoms with Crippen molar-refractivity contribution in [2.24, 2.45) is 0 Å². The van der Waals surface area contributed by atoms with Gasteiger partial charge in [-0.15, -0.1) is 0 Å². The monoisotopic (exact) mass is 252 g/mol. The SMILES string of the molecule is CCCCCCCCC/C=C(\C)CCCCCC. The molecule has 0 aliphatic heterocycles. The molecule has 0 aliphatic rings. The molecule has 0 aromatic carbocycles. The van der Waals surface area contributed by atoms with Crippen molar-refractivity contribution in [3.8, 4) is 0 Å². The number of allylic oxidation sites excluding steroid dienone is 2. The number of hydrogen-bond donors (Lipinski definition) is 0. The van der Waals surface area contributed by atoms with E-state index < -0.39 is 0 Å². The first-order valence-electron chi connectivity index (χ1n) is 8.46. The summed E-state index contributed by atoms with van der Waals surface area (Å²) in [6, 6.07) is 0. The quantitative estimate of drug-likeness (QED) is 0.243. The molecule has 0 heteroatoms. The lowest BCUT2D eigenvalue weighted by molar-refractivity contribution is 0.591. The van der Waals surface area contributed by atoms with Crippen LogP contribution in [-0.2, 0) is 0 Å². The molecule has 18 heavy (non-hydrogen) atoms. The van der Waals surface area contributed by atoms with Gasteiger partial charge in [-0.2, -0.15) is 0 Å². The van der Waals surface area contributed by atoms with Crippen LogP contribution in [0.3, 0.4) is 0 Å². The highest BCUT2D eigenvalue weighted by molar-refractivity contribution is 4.97. The first-order chi connectivity index (χ1) is 8.81. The molecule has 0 saturated carbocycles. The van der Waals surface area contributed by atoms with Crippen LogP contribution >= 0.6 is 0 Å². The Kier molecular flexibility index (Phi) is 14.6. The fourth-order valence-corrected chi connectivity index (χ4v) is 2.38. The minimum atomic E-state index is 1.31. The van der Waals surface area contributed by atoms with Gasteiger partial charge >= 0.3 is 0 Å². The molecule has 0 atom stereocenters. The van der Waals surface area contributed by atoms with Crippen LogP contribution in [0.1, 0.15) is 104 Å². The van der Waals surface area contributed by atoms with Gasteiger partial charge in [-0.05, 0) is 32.6 Å². The Balaban J connectivity index is 3.23. The third kappa shape index (κ3) is 13.8. The van der Waals surface area contributed by atoms with E-state index in [0.29, 0.717) is 0 Å². The molecule has 0 radical (unpaired) electrons. The van der Waals surface area contributed by atoms with E-state index in [4.69, 9.17) is 0 Å². The fourth-order valence-electron chi connectivity index (χ4n) is 2.38. The summed E-state index contributed by atoms with van der Waals surface area (Å²) in [5.74, 6) is 0. The lowest BCUT2D eigenvalue weighted by atomic mass is 10.0. The van der Waals surface area contributed by atoms with Crippen molar-refractivity contribution in [1.82, 2.24) is 0 Å². The summed E-state index contributed by atoms with van der Waals surface area (Å²) in [4.78, 5) is 0. The molecule has 0 aliphatic carbocycles. The van der Waals surface area contributed by atoms with E-state index in [1.165, 1.54) is 83.5 Å². The van der Waals surface area contributed by atoms with Crippen molar-refractivity contribution in [2.75, 3.05) is 0 Å². The molecule has 0 aromatic rings. The van der Waals surface area contributed by atoms with Crippen molar-refractivity contribution < 1.29 is 0 Å². The second-order valence-corrected chi connectivity index (χ2v) is 5.77. The zero-order valence-electron chi connectivity index (χ0n) is 13.3. The van der Waals surface area contributed by atoms with Crippen LogP contribution in [0, 0.1) is 0 Å². The Hall–Kier alpha value is -0.260. The van der Waals surface area contributed by atoms with Crippen molar-refractivity contribution in [3.05, 3.63) is 11.6 Å². The van der Waals surface area contributed by atoms with Gasteiger partial charge in [-0.25, -0.2) is 0 Å². The molecule has 0 N–H and O–H groups in total. The van der Waals surface area contributed by atoms with Crippen molar-refractivity contribution in [3.63, 3.8) is 0 Å². The standard InChI is InChI=1S/C18H36/c1-4-6-8-10-11-12-13-15-17-18(3)16-14-9-7-5-2/h17H,4-16H2,1-3H3/b18-17+. The largest absolute Gasteiger partial charge is 0.0856 e. The van der Waals surface area contributed by atoms with Gasteiger partial charge < -0.3 is 0 Å². The predicted octanol–water partition coefficient (Wildman–Crippen LogP) is 7.04. The van der Waals surface area contributed by atoms with Gasteiger partial charge in [-0.3, -0.25) is 0 Å². The molecule has 0 rings (SSSR count). The molecular formula is C18H36. The molecule has 0 unspecified atom stereocenters. The van der Waals surface area contributed by atoms with E-state index in [2.05, 4.69) is 26.8 Å². The van der Waals surface area contributed by atoms with E-state index >= 15 is 0 Å². The van der Waals surface area contributed by atoms with Crippen LogP contribution in [0.2, 0.25) is 0 Å². The summed E-state index contributed by atoms with van der Waals surface area (Å²) >= 11 is 0. The number of rotatable bonds is 13. The lowest BCUT2D eigenvalue weighted by Gasteiger charge is -2.02. The van der Waals surface area contributed by atoms with Crippen LogP contribution in [0.5, 0.6) is 0 Å². The minimum absolute atomic E-state index is 1.31. The summed E-state index contributed by atoms with van der Waals surface area (Å²) < 4.78 is 0. The van der Waals surface area contributed by atoms with Gasteiger partial charge in [-0.1, -0.05) is 83.3 Å². The highest BCUT2D eigenvalue weighted by Gasteiger charge is 1.93. The smallest absolute Gasteiger partial charge is 0.0323 e. The third-order valence-corrected chi connectivity index (χ3v) is 3.73. The molecule has 0 heterocycles. The zero-order valence-corrected chi connectivity index (χ0v) is 13.3. The summed E-state index contributed by atoms with van der Waals surface area (Å²) in [5.41, 5.74) is 1.62. The summed E-state index contributed by atoms with van der Waals surface area (Å²) in [7, 11) is 0. The maximum atomic E-state index is 2.48. The fraction of sp³-hybridized carbons (Fsp3) is 0.889. The Bertz CT molecular complexity index is 178.